The summed E-state index contributed by atoms with van der Waals surface area (Å²) in [5.41, 5.74) is 6.56. The minimum Gasteiger partial charge on any atom is -0.399 e. The van der Waals surface area contributed by atoms with Crippen LogP contribution in [0.4, 0.5) is 14.5 Å². The normalized spacial score (nSPS) is 12.5. The molecule has 0 bridgehead atoms. The van der Waals surface area contributed by atoms with Crippen LogP contribution in [0.3, 0.4) is 0 Å². The van der Waals surface area contributed by atoms with Crippen LogP contribution in [-0.4, -0.2) is 18.7 Å². The number of hydrogen-bond acceptors (Lipinski definition) is 6. The van der Waals surface area contributed by atoms with E-state index in [0.29, 0.717) is 22.5 Å². The van der Waals surface area contributed by atoms with Gasteiger partial charge in [-0.2, -0.15) is 22.5 Å². The number of nitrogens with two attached hydrogens (primary N) is 1. The van der Waals surface area contributed by atoms with Gasteiger partial charge in [0.05, 0.1) is 5.69 Å². The molecule has 0 amide bonds. The summed E-state index contributed by atoms with van der Waals surface area (Å²) in [6, 6.07) is 9.87. The van der Waals surface area contributed by atoms with Crippen molar-refractivity contribution in [2.75, 3.05) is 5.73 Å². The van der Waals surface area contributed by atoms with Crippen molar-refractivity contribution in [1.82, 2.24) is 4.98 Å². The number of nitriles is 1. The fraction of sp³-hybridized carbons (Fsp3) is 0.333. The van der Waals surface area contributed by atoms with Gasteiger partial charge < -0.3 is 9.92 Å². The summed E-state index contributed by atoms with van der Waals surface area (Å²) in [6.07, 6.45) is 0. The Kier molecular flexibility index (Phi) is 5.16. The Morgan fingerprint density at radius 2 is 1.70 bits per heavy atom. The summed E-state index contributed by atoms with van der Waals surface area (Å²) < 4.78 is 55.0. The molecule has 0 saturated heterocycles. The van der Waals surface area contributed by atoms with E-state index in [1.165, 1.54) is 0 Å². The smallest absolute Gasteiger partial charge is 0.377 e. The van der Waals surface area contributed by atoms with Gasteiger partial charge in [-0.1, -0.05) is 32.9 Å². The number of anilines is 1. The second-order valence-electron chi connectivity index (χ2n) is 7.06. The summed E-state index contributed by atoms with van der Waals surface area (Å²) in [7, 11) is -5.32. The van der Waals surface area contributed by atoms with Crippen molar-refractivity contribution in [3.05, 3.63) is 41.6 Å². The molecule has 0 radical (unpaired) electrons. The van der Waals surface area contributed by atoms with Crippen molar-refractivity contribution in [1.29, 1.82) is 5.26 Å². The van der Waals surface area contributed by atoms with Crippen molar-refractivity contribution >= 4 is 15.8 Å². The predicted octanol–water partition coefficient (Wildman–Crippen LogP) is 3.82. The Hall–Kier alpha value is -2.73. The van der Waals surface area contributed by atoms with Gasteiger partial charge in [0.15, 0.2) is 0 Å². The molecule has 6 nitrogen and oxygen atoms in total. The lowest BCUT2D eigenvalue weighted by Crippen LogP contribution is -2.30. The van der Waals surface area contributed by atoms with E-state index in [9.17, 15) is 22.5 Å². The topological polar surface area (TPSA) is 106 Å². The molecule has 2 aromatic rings. The molecule has 1 aromatic carbocycles. The fourth-order valence-electron chi connectivity index (χ4n) is 2.14. The SMILES string of the molecule is CC(C)(C)c1cc(-c2ccc(N)cc2)c(C#N)c(OS(=O)(=O)C(C)(F)F)n1. The standard InChI is InChI=1S/C18H19F2N3O3S/c1-17(2,3)15-9-13(11-5-7-12(22)8-6-11)14(10-21)16(23-15)26-27(24,25)18(4,19)20/h5-9H,22H2,1-4H3. The number of halogens is 2. The first-order chi connectivity index (χ1) is 12.3. The molecule has 0 atom stereocenters. The van der Waals surface area contributed by atoms with Gasteiger partial charge in [0.1, 0.15) is 11.6 Å². The molecule has 9 heteroatoms. The lowest BCUT2D eigenvalue weighted by molar-refractivity contribution is 0.103. The van der Waals surface area contributed by atoms with Gasteiger partial charge in [0, 0.05) is 23.6 Å². The molecule has 0 spiro atoms. The summed E-state index contributed by atoms with van der Waals surface area (Å²) in [6.45, 7) is 5.62. The highest BCUT2D eigenvalue weighted by Crippen LogP contribution is 2.36. The Morgan fingerprint density at radius 3 is 2.15 bits per heavy atom. The van der Waals surface area contributed by atoms with Crippen molar-refractivity contribution < 1.29 is 21.4 Å². The predicted molar refractivity (Wildman–Crippen MR) is 97.7 cm³/mol. The van der Waals surface area contributed by atoms with Gasteiger partial charge in [-0.15, -0.1) is 0 Å². The molecule has 0 aliphatic carbocycles. The molecular formula is C18H19F2N3O3S. The second-order valence-corrected chi connectivity index (χ2v) is 8.86. The zero-order valence-electron chi connectivity index (χ0n) is 15.2. The fourth-order valence-corrected chi connectivity index (χ4v) is 2.62. The summed E-state index contributed by atoms with van der Waals surface area (Å²) >= 11 is 0. The first-order valence-corrected chi connectivity index (χ1v) is 9.30. The first kappa shape index (κ1) is 20.6. The minimum atomic E-state index is -5.32. The average molecular weight is 395 g/mol. The van der Waals surface area contributed by atoms with E-state index in [2.05, 4.69) is 9.17 Å². The number of alkyl halides is 2. The van der Waals surface area contributed by atoms with Crippen LogP contribution in [-0.2, 0) is 15.5 Å². The molecule has 27 heavy (non-hydrogen) atoms. The highest BCUT2D eigenvalue weighted by Gasteiger charge is 2.43. The molecule has 2 N–H and O–H groups in total. The third kappa shape index (κ3) is 4.34. The maximum atomic E-state index is 13.4. The van der Waals surface area contributed by atoms with Crippen LogP contribution in [0.2, 0.25) is 0 Å². The van der Waals surface area contributed by atoms with E-state index < -0.39 is 26.7 Å². The van der Waals surface area contributed by atoms with E-state index in [-0.39, 0.29) is 12.5 Å². The van der Waals surface area contributed by atoms with Crippen LogP contribution in [0.1, 0.15) is 39.0 Å². The molecule has 1 heterocycles. The summed E-state index contributed by atoms with van der Waals surface area (Å²) in [5, 5.41) is 5.38. The highest BCUT2D eigenvalue weighted by atomic mass is 32.2. The zero-order valence-corrected chi connectivity index (χ0v) is 16.1. The monoisotopic (exact) mass is 395 g/mol. The number of nitrogen functional groups attached to an aromatic ring is 1. The largest absolute Gasteiger partial charge is 0.399 e. The van der Waals surface area contributed by atoms with E-state index in [1.54, 1.807) is 57.2 Å². The van der Waals surface area contributed by atoms with Gasteiger partial charge >= 0.3 is 15.4 Å². The number of hydrogen-bond donors (Lipinski definition) is 1. The second kappa shape index (κ2) is 6.78. The van der Waals surface area contributed by atoms with Gasteiger partial charge in [-0.05, 0) is 23.8 Å². The molecule has 0 fully saturated rings. The Labute approximate surface area is 156 Å². The van der Waals surface area contributed by atoms with Crippen LogP contribution in [0.15, 0.2) is 30.3 Å². The van der Waals surface area contributed by atoms with Crippen LogP contribution in [0.5, 0.6) is 5.88 Å². The Balaban J connectivity index is 2.78. The highest BCUT2D eigenvalue weighted by molar-refractivity contribution is 7.88. The lowest BCUT2D eigenvalue weighted by atomic mass is 9.88. The number of pyridine rings is 1. The maximum absolute atomic E-state index is 13.4. The third-order valence-corrected chi connectivity index (χ3v) is 4.97. The van der Waals surface area contributed by atoms with Crippen LogP contribution >= 0.6 is 0 Å². The Morgan fingerprint density at radius 1 is 1.15 bits per heavy atom. The van der Waals surface area contributed by atoms with Crippen molar-refractivity contribution in [3.63, 3.8) is 0 Å². The average Bonchev–Trinajstić information content (AvgIpc) is 2.52. The number of rotatable bonds is 4. The number of aromatic nitrogens is 1. The first-order valence-electron chi connectivity index (χ1n) is 7.89. The zero-order chi connectivity index (χ0) is 20.6. The summed E-state index contributed by atoms with van der Waals surface area (Å²) in [5.74, 6) is -0.682. The van der Waals surface area contributed by atoms with Crippen molar-refractivity contribution in [2.24, 2.45) is 0 Å². The van der Waals surface area contributed by atoms with Gasteiger partial charge in [0.25, 0.3) is 5.88 Å². The van der Waals surface area contributed by atoms with Gasteiger partial charge in [0.2, 0.25) is 0 Å². The molecule has 0 aliphatic heterocycles. The summed E-state index contributed by atoms with van der Waals surface area (Å²) in [4.78, 5) is 4.04. The van der Waals surface area contributed by atoms with Gasteiger partial charge in [-0.3, -0.25) is 0 Å². The molecule has 144 valence electrons. The molecule has 1 aromatic heterocycles. The van der Waals surface area contributed by atoms with Crippen LogP contribution < -0.4 is 9.92 Å². The lowest BCUT2D eigenvalue weighted by Gasteiger charge is -2.21. The number of nitrogens with zero attached hydrogens (tertiary/aromatic N) is 2. The van der Waals surface area contributed by atoms with E-state index in [1.807, 2.05) is 0 Å². The van der Waals surface area contributed by atoms with Crippen LogP contribution in [0, 0.1) is 11.3 Å². The molecule has 2 rings (SSSR count). The van der Waals surface area contributed by atoms with Crippen molar-refractivity contribution in [2.45, 2.75) is 38.4 Å². The van der Waals surface area contributed by atoms with E-state index in [0.717, 1.165) is 0 Å². The molecular weight excluding hydrogens is 376 g/mol. The molecule has 0 unspecified atom stereocenters. The van der Waals surface area contributed by atoms with Gasteiger partial charge in [-0.25, -0.2) is 4.98 Å². The Bertz CT molecular complexity index is 1000. The minimum absolute atomic E-state index is 0.197. The van der Waals surface area contributed by atoms with Crippen molar-refractivity contribution in [3.8, 4) is 23.1 Å². The van der Waals surface area contributed by atoms with E-state index in [4.69, 9.17) is 5.73 Å². The number of benzene rings is 1. The quantitative estimate of drug-likeness (QED) is 0.623. The third-order valence-electron chi connectivity index (χ3n) is 3.72. The van der Waals surface area contributed by atoms with E-state index >= 15 is 0 Å². The molecule has 0 aliphatic rings. The molecule has 0 saturated carbocycles. The maximum Gasteiger partial charge on any atom is 0.377 e. The van der Waals surface area contributed by atoms with Crippen LogP contribution in [0.25, 0.3) is 11.1 Å².